The van der Waals surface area contributed by atoms with Crippen LogP contribution in [0.2, 0.25) is 0 Å². The lowest BCUT2D eigenvalue weighted by Crippen LogP contribution is -2.13. The molecule has 0 fully saturated rings. The quantitative estimate of drug-likeness (QED) is 0.471. The smallest absolute Gasteiger partial charge is 0.379 e. The van der Waals surface area contributed by atoms with Gasteiger partial charge < -0.3 is 4.18 Å². The molecule has 0 saturated heterocycles. The monoisotopic (exact) mass is 361 g/mol. The lowest BCUT2D eigenvalue weighted by molar-refractivity contribution is -0.384. The molecule has 0 aromatic heterocycles. The van der Waals surface area contributed by atoms with Gasteiger partial charge in [-0.25, -0.2) is 0 Å². The summed E-state index contributed by atoms with van der Waals surface area (Å²) in [6.45, 7) is 1.20. The van der Waals surface area contributed by atoms with E-state index in [0.29, 0.717) is 6.07 Å². The van der Waals surface area contributed by atoms with Gasteiger partial charge >= 0.3 is 16.3 Å². The Morgan fingerprint density at radius 1 is 1.12 bits per heavy atom. The van der Waals surface area contributed by atoms with E-state index < -0.39 is 37.4 Å². The number of benzene rings is 2. The van der Waals surface area contributed by atoms with Crippen molar-refractivity contribution in [1.82, 2.24) is 0 Å². The van der Waals surface area contributed by atoms with Crippen LogP contribution in [0.5, 0.6) is 5.75 Å². The van der Waals surface area contributed by atoms with E-state index in [1.807, 2.05) is 0 Å². The lowest BCUT2D eigenvalue weighted by atomic mass is 10.1. The van der Waals surface area contributed by atoms with E-state index in [4.69, 9.17) is 0 Å². The maximum atomic E-state index is 12.9. The first-order valence-electron chi connectivity index (χ1n) is 6.37. The standard InChI is InChI=1S/C14H10F3NO5S/c1-9-5-6-12(8-13(9)14(15,16)17)24(21,22)23-11-4-2-3-10(7-11)18(19)20/h2-8H,1H3. The highest BCUT2D eigenvalue weighted by Crippen LogP contribution is 2.34. The van der Waals surface area contributed by atoms with E-state index in [1.165, 1.54) is 13.0 Å². The van der Waals surface area contributed by atoms with Crippen molar-refractivity contribution in [2.75, 3.05) is 0 Å². The van der Waals surface area contributed by atoms with Gasteiger partial charge in [0.05, 0.1) is 16.6 Å². The van der Waals surface area contributed by atoms with Gasteiger partial charge in [-0.1, -0.05) is 12.1 Å². The summed E-state index contributed by atoms with van der Waals surface area (Å²) in [5.74, 6) is -0.377. The summed E-state index contributed by atoms with van der Waals surface area (Å²) in [4.78, 5) is 9.20. The fraction of sp³-hybridized carbons (Fsp3) is 0.143. The molecule has 0 aliphatic heterocycles. The second-order valence-corrected chi connectivity index (χ2v) is 6.31. The average Bonchev–Trinajstić information content (AvgIpc) is 2.46. The highest BCUT2D eigenvalue weighted by Gasteiger charge is 2.34. The van der Waals surface area contributed by atoms with Gasteiger partial charge in [-0.2, -0.15) is 21.6 Å². The number of rotatable bonds is 4. The minimum Gasteiger partial charge on any atom is -0.379 e. The van der Waals surface area contributed by atoms with Crippen molar-refractivity contribution in [2.45, 2.75) is 18.0 Å². The molecule has 2 rings (SSSR count). The molecule has 10 heteroatoms. The minimum absolute atomic E-state index is 0.142. The summed E-state index contributed by atoms with van der Waals surface area (Å²) in [7, 11) is -4.58. The van der Waals surface area contributed by atoms with Crippen LogP contribution in [-0.4, -0.2) is 13.3 Å². The molecule has 0 heterocycles. The summed E-state index contributed by atoms with van der Waals surface area (Å²) >= 11 is 0. The summed E-state index contributed by atoms with van der Waals surface area (Å²) in [6.07, 6.45) is -4.72. The predicted molar refractivity (Wildman–Crippen MR) is 77.1 cm³/mol. The number of non-ortho nitro benzene ring substituents is 1. The third kappa shape index (κ3) is 3.82. The van der Waals surface area contributed by atoms with Gasteiger partial charge in [-0.05, 0) is 30.7 Å². The Kier molecular flexibility index (Phi) is 4.52. The van der Waals surface area contributed by atoms with Crippen LogP contribution < -0.4 is 4.18 Å². The Balaban J connectivity index is 2.41. The Morgan fingerprint density at radius 2 is 1.79 bits per heavy atom. The molecule has 0 aliphatic rings. The maximum absolute atomic E-state index is 12.9. The average molecular weight is 361 g/mol. The Hall–Kier alpha value is -2.62. The predicted octanol–water partition coefficient (Wildman–Crippen LogP) is 3.69. The van der Waals surface area contributed by atoms with Gasteiger partial charge in [0.1, 0.15) is 10.6 Å². The molecule has 24 heavy (non-hydrogen) atoms. The van der Waals surface area contributed by atoms with Gasteiger partial charge in [-0.15, -0.1) is 0 Å². The van der Waals surface area contributed by atoms with Gasteiger partial charge in [-0.3, -0.25) is 10.1 Å². The van der Waals surface area contributed by atoms with Crippen molar-refractivity contribution in [3.63, 3.8) is 0 Å². The van der Waals surface area contributed by atoms with Crippen LogP contribution in [0.25, 0.3) is 0 Å². The van der Waals surface area contributed by atoms with Crippen molar-refractivity contribution in [3.8, 4) is 5.75 Å². The minimum atomic E-state index is -4.72. The summed E-state index contributed by atoms with van der Waals surface area (Å²) < 4.78 is 67.5. The van der Waals surface area contributed by atoms with Gasteiger partial charge in [0.15, 0.2) is 0 Å². The number of nitrogens with zero attached hydrogens (tertiary/aromatic N) is 1. The van der Waals surface area contributed by atoms with Crippen LogP contribution in [0.1, 0.15) is 11.1 Å². The molecule has 0 spiro atoms. The van der Waals surface area contributed by atoms with Gasteiger partial charge in [0.25, 0.3) is 5.69 Å². The number of halogens is 3. The molecule has 6 nitrogen and oxygen atoms in total. The number of nitro benzene ring substituents is 1. The third-order valence-corrected chi connectivity index (χ3v) is 4.28. The van der Waals surface area contributed by atoms with Crippen LogP contribution in [0, 0.1) is 17.0 Å². The van der Waals surface area contributed by atoms with E-state index in [2.05, 4.69) is 4.18 Å². The van der Waals surface area contributed by atoms with E-state index in [0.717, 1.165) is 30.3 Å². The van der Waals surface area contributed by atoms with E-state index in [1.54, 1.807) is 0 Å². The van der Waals surface area contributed by atoms with Crippen molar-refractivity contribution in [1.29, 1.82) is 0 Å². The molecule has 2 aromatic rings. The molecule has 0 saturated carbocycles. The van der Waals surface area contributed by atoms with Crippen LogP contribution in [0.15, 0.2) is 47.4 Å². The zero-order chi connectivity index (χ0) is 18.1. The van der Waals surface area contributed by atoms with Gasteiger partial charge in [0, 0.05) is 6.07 Å². The molecule has 0 aliphatic carbocycles. The molecule has 0 bridgehead atoms. The first kappa shape index (κ1) is 17.7. The Labute approximate surface area is 134 Å². The largest absolute Gasteiger partial charge is 0.416 e. The first-order chi connectivity index (χ1) is 11.0. The maximum Gasteiger partial charge on any atom is 0.416 e. The molecular formula is C14H10F3NO5S. The molecule has 0 atom stereocenters. The molecule has 0 amide bonds. The van der Waals surface area contributed by atoms with Crippen LogP contribution in [0.4, 0.5) is 18.9 Å². The molecular weight excluding hydrogens is 351 g/mol. The van der Waals surface area contributed by atoms with Crippen molar-refractivity contribution >= 4 is 15.8 Å². The zero-order valence-corrected chi connectivity index (χ0v) is 12.9. The van der Waals surface area contributed by atoms with Crippen LogP contribution >= 0.6 is 0 Å². The van der Waals surface area contributed by atoms with Crippen molar-refractivity contribution in [3.05, 3.63) is 63.7 Å². The summed E-state index contributed by atoms with van der Waals surface area (Å²) in [6, 6.07) is 6.75. The van der Waals surface area contributed by atoms with E-state index >= 15 is 0 Å². The molecule has 0 N–H and O–H groups in total. The van der Waals surface area contributed by atoms with Crippen LogP contribution in [0.3, 0.4) is 0 Å². The molecule has 0 radical (unpaired) electrons. The molecule has 128 valence electrons. The summed E-state index contributed by atoms with van der Waals surface area (Å²) in [5, 5.41) is 10.7. The number of hydrogen-bond acceptors (Lipinski definition) is 5. The second-order valence-electron chi connectivity index (χ2n) is 4.77. The normalized spacial score (nSPS) is 12.0. The molecule has 0 unspecified atom stereocenters. The fourth-order valence-corrected chi connectivity index (χ4v) is 2.84. The number of hydrogen-bond donors (Lipinski definition) is 0. The number of aryl methyl sites for hydroxylation is 1. The number of alkyl halides is 3. The Bertz CT molecular complexity index is 894. The van der Waals surface area contributed by atoms with Crippen molar-refractivity contribution < 1.29 is 30.7 Å². The molecule has 2 aromatic carbocycles. The SMILES string of the molecule is Cc1ccc(S(=O)(=O)Oc2cccc([N+](=O)[O-])c2)cc1C(F)(F)F. The Morgan fingerprint density at radius 3 is 2.38 bits per heavy atom. The zero-order valence-electron chi connectivity index (χ0n) is 12.1. The first-order valence-corrected chi connectivity index (χ1v) is 7.78. The second kappa shape index (κ2) is 6.11. The fourth-order valence-electron chi connectivity index (χ4n) is 1.89. The lowest BCUT2D eigenvalue weighted by Gasteiger charge is -2.12. The highest BCUT2D eigenvalue weighted by molar-refractivity contribution is 7.87. The third-order valence-electron chi connectivity index (χ3n) is 3.04. The highest BCUT2D eigenvalue weighted by atomic mass is 32.2. The topological polar surface area (TPSA) is 86.5 Å². The van der Waals surface area contributed by atoms with E-state index in [-0.39, 0.29) is 11.3 Å². The summed E-state index contributed by atoms with van der Waals surface area (Å²) in [5.41, 5.74) is -1.66. The van der Waals surface area contributed by atoms with E-state index in [9.17, 15) is 31.7 Å². The van der Waals surface area contributed by atoms with Crippen molar-refractivity contribution in [2.24, 2.45) is 0 Å². The number of nitro groups is 1. The van der Waals surface area contributed by atoms with Crippen LogP contribution in [-0.2, 0) is 16.3 Å². The van der Waals surface area contributed by atoms with Gasteiger partial charge in [0.2, 0.25) is 0 Å².